The summed E-state index contributed by atoms with van der Waals surface area (Å²) in [5, 5.41) is 13.0. The van der Waals surface area contributed by atoms with Crippen molar-refractivity contribution in [2.45, 2.75) is 31.2 Å². The van der Waals surface area contributed by atoms with Crippen LogP contribution in [0.5, 0.6) is 0 Å². The maximum Gasteiger partial charge on any atom is 0.326 e. The number of sulfone groups is 1. The van der Waals surface area contributed by atoms with Gasteiger partial charge in [0.2, 0.25) is 0 Å². The van der Waals surface area contributed by atoms with Gasteiger partial charge in [-0.3, -0.25) is 4.79 Å². The molecule has 0 unspecified atom stereocenters. The van der Waals surface area contributed by atoms with Crippen molar-refractivity contribution < 1.29 is 23.1 Å². The number of amides is 1. The molecule has 0 aliphatic rings. The van der Waals surface area contributed by atoms with E-state index in [1.807, 2.05) is 56.3 Å². The average Bonchev–Trinajstić information content (AvgIpc) is 2.82. The predicted molar refractivity (Wildman–Crippen MR) is 144 cm³/mol. The van der Waals surface area contributed by atoms with Crippen LogP contribution in [0.3, 0.4) is 0 Å². The highest BCUT2D eigenvalue weighted by atomic mass is 35.5. The first-order chi connectivity index (χ1) is 17.4. The first kappa shape index (κ1) is 26.3. The van der Waals surface area contributed by atoms with Gasteiger partial charge in [-0.2, -0.15) is 0 Å². The molecule has 0 spiro atoms. The summed E-state index contributed by atoms with van der Waals surface area (Å²) in [6, 6.07) is 18.0. The van der Waals surface area contributed by atoms with Gasteiger partial charge in [0.15, 0.2) is 9.84 Å². The predicted octanol–water partition coefficient (Wildman–Crippen LogP) is 5.00. The van der Waals surface area contributed by atoms with Crippen molar-refractivity contribution >= 4 is 44.2 Å². The second-order valence-electron chi connectivity index (χ2n) is 8.97. The number of carboxylic acid groups (broad SMARTS) is 1. The monoisotopic (exact) mass is 536 g/mol. The lowest BCUT2D eigenvalue weighted by Gasteiger charge is -2.16. The zero-order chi connectivity index (χ0) is 26.9. The third-order valence-electron chi connectivity index (χ3n) is 6.15. The molecule has 0 aliphatic carbocycles. The van der Waals surface area contributed by atoms with E-state index >= 15 is 0 Å². The highest BCUT2D eigenvalue weighted by Gasteiger charge is 2.23. The van der Waals surface area contributed by atoms with Gasteiger partial charge in [-0.15, -0.1) is 0 Å². The molecule has 4 aromatic rings. The minimum Gasteiger partial charge on any atom is -0.480 e. The van der Waals surface area contributed by atoms with Gasteiger partial charge >= 0.3 is 5.97 Å². The molecule has 1 aromatic heterocycles. The third-order valence-corrected chi connectivity index (χ3v) is 7.57. The molecule has 0 radical (unpaired) electrons. The maximum atomic E-state index is 12.8. The number of carbonyl (C=O) groups excluding carboxylic acids is 1. The molecule has 0 saturated carbocycles. The summed E-state index contributed by atoms with van der Waals surface area (Å²) >= 11 is 6.12. The fraction of sp³-hybridized carbons (Fsp3) is 0.179. The number of rotatable bonds is 7. The normalized spacial score (nSPS) is 12.3. The number of fused-ring (bicyclic) bond motifs is 1. The van der Waals surface area contributed by atoms with Gasteiger partial charge in [0.25, 0.3) is 5.91 Å². The highest BCUT2D eigenvalue weighted by Crippen LogP contribution is 2.28. The Morgan fingerprint density at radius 2 is 1.70 bits per heavy atom. The summed E-state index contributed by atoms with van der Waals surface area (Å²) in [5.41, 5.74) is 5.69. The zero-order valence-electron chi connectivity index (χ0n) is 20.4. The Bertz CT molecular complexity index is 1630. The number of carboxylic acids is 1. The van der Waals surface area contributed by atoms with Gasteiger partial charge in [-0.25, -0.2) is 18.2 Å². The third kappa shape index (κ3) is 5.81. The molecule has 190 valence electrons. The molecular formula is C28H25ClN2O5S. The van der Waals surface area contributed by atoms with Crippen LogP contribution in [0.15, 0.2) is 71.6 Å². The van der Waals surface area contributed by atoms with Gasteiger partial charge < -0.3 is 10.4 Å². The number of halogens is 1. The van der Waals surface area contributed by atoms with Gasteiger partial charge in [0, 0.05) is 23.6 Å². The lowest BCUT2D eigenvalue weighted by atomic mass is 9.98. The fourth-order valence-electron chi connectivity index (χ4n) is 4.24. The Balaban J connectivity index is 1.56. The lowest BCUT2D eigenvalue weighted by Crippen LogP contribution is -2.42. The quantitative estimate of drug-likeness (QED) is 0.343. The molecule has 3 aromatic carbocycles. The minimum absolute atomic E-state index is 0.0120. The second kappa shape index (κ2) is 10.3. The Kier molecular flexibility index (Phi) is 7.34. The maximum absolute atomic E-state index is 12.8. The van der Waals surface area contributed by atoms with Gasteiger partial charge in [-0.1, -0.05) is 41.9 Å². The van der Waals surface area contributed by atoms with E-state index in [1.165, 1.54) is 18.2 Å². The van der Waals surface area contributed by atoms with E-state index < -0.39 is 27.8 Å². The number of hydrogen-bond donors (Lipinski definition) is 2. The molecule has 0 aliphatic heterocycles. The number of benzene rings is 3. The first-order valence-corrected chi connectivity index (χ1v) is 13.7. The number of aromatic nitrogens is 1. The molecular weight excluding hydrogens is 512 g/mol. The average molecular weight is 537 g/mol. The number of aryl methyl sites for hydroxylation is 2. The van der Waals surface area contributed by atoms with Crippen LogP contribution in [0.2, 0.25) is 5.02 Å². The summed E-state index contributed by atoms with van der Waals surface area (Å²) in [7, 11) is -3.50. The summed E-state index contributed by atoms with van der Waals surface area (Å²) in [6.07, 6.45) is 1.07. The minimum atomic E-state index is -3.50. The smallest absolute Gasteiger partial charge is 0.326 e. The largest absolute Gasteiger partial charge is 0.480 e. The van der Waals surface area contributed by atoms with E-state index in [-0.39, 0.29) is 21.9 Å². The molecule has 4 rings (SSSR count). The van der Waals surface area contributed by atoms with Gasteiger partial charge in [0.1, 0.15) is 6.04 Å². The molecule has 0 saturated heterocycles. The Hall–Kier alpha value is -3.75. The molecule has 0 bridgehead atoms. The number of hydrogen-bond acceptors (Lipinski definition) is 5. The number of nitrogens with one attached hydrogen (secondary N) is 1. The number of nitrogens with zero attached hydrogens (tertiary/aromatic N) is 1. The Labute approximate surface area is 220 Å². The van der Waals surface area contributed by atoms with Crippen LogP contribution in [-0.2, 0) is 21.1 Å². The van der Waals surface area contributed by atoms with Crippen LogP contribution in [0.25, 0.3) is 22.2 Å². The van der Waals surface area contributed by atoms with Crippen molar-refractivity contribution in [2.24, 2.45) is 0 Å². The molecule has 7 nitrogen and oxygen atoms in total. The van der Waals surface area contributed by atoms with Crippen LogP contribution in [0.4, 0.5) is 0 Å². The summed E-state index contributed by atoms with van der Waals surface area (Å²) in [4.78, 5) is 29.5. The van der Waals surface area contributed by atoms with Gasteiger partial charge in [0.05, 0.1) is 26.7 Å². The molecule has 1 heterocycles. The summed E-state index contributed by atoms with van der Waals surface area (Å²) in [6.45, 7) is 4.09. The van der Waals surface area contributed by atoms with Crippen LogP contribution >= 0.6 is 11.6 Å². The van der Waals surface area contributed by atoms with Crippen molar-refractivity contribution in [3.63, 3.8) is 0 Å². The van der Waals surface area contributed by atoms with Crippen molar-refractivity contribution in [1.82, 2.24) is 10.3 Å². The molecule has 1 atom stereocenters. The van der Waals surface area contributed by atoms with E-state index in [2.05, 4.69) is 5.32 Å². The van der Waals surface area contributed by atoms with E-state index in [1.54, 1.807) is 6.07 Å². The van der Waals surface area contributed by atoms with Crippen molar-refractivity contribution in [2.75, 3.05) is 6.26 Å². The molecule has 0 fully saturated rings. The van der Waals surface area contributed by atoms with Gasteiger partial charge in [-0.05, 0) is 66.9 Å². The fourth-order valence-corrected chi connectivity index (χ4v) is 5.22. The SMILES string of the molecule is Cc1cccc(C)c1-c1ccc2cc(C[C@H](NC(=O)c3ccc(S(C)(=O)=O)cc3Cl)C(=O)O)ccc2n1. The summed E-state index contributed by atoms with van der Waals surface area (Å²) in [5.74, 6) is -1.92. The Morgan fingerprint density at radius 1 is 1.00 bits per heavy atom. The van der Waals surface area contributed by atoms with E-state index in [0.717, 1.165) is 39.5 Å². The second-order valence-corrected chi connectivity index (χ2v) is 11.4. The summed E-state index contributed by atoms with van der Waals surface area (Å²) < 4.78 is 23.4. The highest BCUT2D eigenvalue weighted by molar-refractivity contribution is 7.90. The van der Waals surface area contributed by atoms with Crippen molar-refractivity contribution in [3.05, 3.63) is 94.0 Å². The van der Waals surface area contributed by atoms with Crippen molar-refractivity contribution in [3.8, 4) is 11.3 Å². The number of pyridine rings is 1. The van der Waals surface area contributed by atoms with E-state index in [4.69, 9.17) is 16.6 Å². The Morgan fingerprint density at radius 3 is 2.32 bits per heavy atom. The first-order valence-electron chi connectivity index (χ1n) is 11.4. The van der Waals surface area contributed by atoms with Crippen molar-refractivity contribution in [1.29, 1.82) is 0 Å². The van der Waals surface area contributed by atoms with Crippen LogP contribution in [0, 0.1) is 13.8 Å². The standard InChI is InChI=1S/C28H25ClN2O5S/c1-16-5-4-6-17(2)26(16)24-12-8-19-13-18(7-11-23(19)30-24)14-25(28(33)34)31-27(32)21-10-9-20(15-22(21)29)37(3,35)36/h4-13,15,25H,14H2,1-3H3,(H,31,32)(H,33,34)/t25-/m0/s1. The molecule has 9 heteroatoms. The lowest BCUT2D eigenvalue weighted by molar-refractivity contribution is -0.139. The number of carbonyl (C=O) groups is 2. The number of aliphatic carboxylic acids is 1. The molecule has 37 heavy (non-hydrogen) atoms. The van der Waals surface area contributed by atoms with Crippen LogP contribution in [-0.4, -0.2) is 42.7 Å². The van der Waals surface area contributed by atoms with Crippen LogP contribution in [0.1, 0.15) is 27.0 Å². The zero-order valence-corrected chi connectivity index (χ0v) is 22.0. The van der Waals surface area contributed by atoms with Crippen LogP contribution < -0.4 is 5.32 Å². The topological polar surface area (TPSA) is 113 Å². The van der Waals surface area contributed by atoms with E-state index in [0.29, 0.717) is 5.56 Å². The molecule has 1 amide bonds. The molecule has 2 N–H and O–H groups in total. The van der Waals surface area contributed by atoms with E-state index in [9.17, 15) is 23.1 Å².